The Hall–Kier alpha value is -2.77. The van der Waals surface area contributed by atoms with Gasteiger partial charge in [-0.15, -0.1) is 0 Å². The van der Waals surface area contributed by atoms with Gasteiger partial charge < -0.3 is 10.2 Å². The molecule has 1 amide bonds. The maximum absolute atomic E-state index is 11.2. The lowest BCUT2D eigenvalue weighted by Gasteiger charge is -1.93. The number of hydrogen-bond acceptors (Lipinski definition) is 6. The van der Waals surface area contributed by atoms with Crippen LogP contribution in [0.15, 0.2) is 29.4 Å². The molecule has 17 heavy (non-hydrogen) atoms. The Balaban J connectivity index is 2.37. The molecule has 0 fully saturated rings. The lowest BCUT2D eigenvalue weighted by molar-refractivity contribution is 0.0996. The molecule has 0 bridgehead atoms. The van der Waals surface area contributed by atoms with Crippen LogP contribution in [0.3, 0.4) is 0 Å². The number of oxazole rings is 1. The first kappa shape index (κ1) is 9.46. The zero-order valence-corrected chi connectivity index (χ0v) is 8.44. The number of primary amides is 1. The van der Waals surface area contributed by atoms with Crippen molar-refractivity contribution in [3.8, 4) is 6.01 Å². The van der Waals surface area contributed by atoms with Crippen LogP contribution in [0.5, 0.6) is 0 Å². The molecule has 0 saturated heterocycles. The third kappa shape index (κ3) is 1.34. The van der Waals surface area contributed by atoms with E-state index in [2.05, 4.69) is 20.1 Å². The third-order valence-electron chi connectivity index (χ3n) is 2.18. The van der Waals surface area contributed by atoms with Gasteiger partial charge >= 0.3 is 6.01 Å². The lowest BCUT2D eigenvalue weighted by atomic mass is 10.3. The molecule has 0 radical (unpaired) electrons. The van der Waals surface area contributed by atoms with Crippen molar-refractivity contribution in [3.63, 3.8) is 0 Å². The molecule has 0 unspecified atom stereocenters. The summed E-state index contributed by atoms with van der Waals surface area (Å²) in [6.07, 6.45) is 5.67. The number of aromatic nitrogens is 5. The number of nitrogens with zero attached hydrogens (tertiary/aromatic N) is 5. The topological polar surface area (TPSA) is 113 Å². The standard InChI is InChI=1S/C9H6N6O2/c10-7(16)6-5-3-11-4-13-8(5)15(14-6)9-12-1-2-17-9/h1-4H,(H2,10,16). The molecule has 8 heteroatoms. The average molecular weight is 230 g/mol. The largest absolute Gasteiger partial charge is 0.431 e. The van der Waals surface area contributed by atoms with E-state index in [0.717, 1.165) is 0 Å². The molecule has 2 N–H and O–H groups in total. The van der Waals surface area contributed by atoms with Crippen molar-refractivity contribution in [1.82, 2.24) is 24.7 Å². The van der Waals surface area contributed by atoms with Crippen LogP contribution < -0.4 is 5.73 Å². The van der Waals surface area contributed by atoms with Gasteiger partial charge in [0.25, 0.3) is 5.91 Å². The maximum atomic E-state index is 11.2. The van der Waals surface area contributed by atoms with Gasteiger partial charge in [-0.3, -0.25) is 4.79 Å². The number of nitrogens with two attached hydrogens (primary N) is 1. The highest BCUT2D eigenvalue weighted by Gasteiger charge is 2.18. The van der Waals surface area contributed by atoms with Gasteiger partial charge in [-0.25, -0.2) is 15.0 Å². The Kier molecular flexibility index (Phi) is 1.87. The summed E-state index contributed by atoms with van der Waals surface area (Å²) in [6, 6.07) is 0.209. The minimum absolute atomic E-state index is 0.0822. The number of amides is 1. The van der Waals surface area contributed by atoms with Crippen molar-refractivity contribution in [2.45, 2.75) is 0 Å². The molecule has 0 aliphatic rings. The van der Waals surface area contributed by atoms with E-state index in [-0.39, 0.29) is 11.7 Å². The van der Waals surface area contributed by atoms with Crippen LogP contribution in [0, 0.1) is 0 Å². The maximum Gasteiger partial charge on any atom is 0.324 e. The van der Waals surface area contributed by atoms with E-state index in [4.69, 9.17) is 10.2 Å². The molecule has 0 aromatic carbocycles. The van der Waals surface area contributed by atoms with E-state index >= 15 is 0 Å². The molecule has 3 rings (SSSR count). The van der Waals surface area contributed by atoms with E-state index in [9.17, 15) is 4.79 Å². The molecule has 3 heterocycles. The normalized spacial score (nSPS) is 10.8. The molecule has 0 aliphatic heterocycles. The fourth-order valence-electron chi connectivity index (χ4n) is 1.50. The SMILES string of the molecule is NC(=O)c1nn(-c2ncco2)c2ncncc12. The van der Waals surface area contributed by atoms with Gasteiger partial charge in [0.2, 0.25) is 0 Å². The number of carbonyl (C=O) groups is 1. The quantitative estimate of drug-likeness (QED) is 0.657. The summed E-state index contributed by atoms with van der Waals surface area (Å²) in [7, 11) is 0. The van der Waals surface area contributed by atoms with E-state index in [1.54, 1.807) is 0 Å². The van der Waals surface area contributed by atoms with Gasteiger partial charge in [0.05, 0.1) is 11.6 Å². The van der Waals surface area contributed by atoms with E-state index in [1.165, 1.54) is 29.7 Å². The highest BCUT2D eigenvalue weighted by molar-refractivity contribution is 6.03. The van der Waals surface area contributed by atoms with Crippen LogP contribution in [0.1, 0.15) is 10.5 Å². The number of hydrogen-bond donors (Lipinski definition) is 1. The molecule has 8 nitrogen and oxygen atoms in total. The summed E-state index contributed by atoms with van der Waals surface area (Å²) >= 11 is 0. The highest BCUT2D eigenvalue weighted by Crippen LogP contribution is 2.17. The van der Waals surface area contributed by atoms with E-state index in [0.29, 0.717) is 11.0 Å². The fourth-order valence-corrected chi connectivity index (χ4v) is 1.50. The van der Waals surface area contributed by atoms with Crippen molar-refractivity contribution in [1.29, 1.82) is 0 Å². The molecule has 0 atom stereocenters. The minimum atomic E-state index is -0.657. The second-order valence-electron chi connectivity index (χ2n) is 3.20. The monoisotopic (exact) mass is 230 g/mol. The van der Waals surface area contributed by atoms with Gasteiger partial charge in [0, 0.05) is 6.20 Å². The second kappa shape index (κ2) is 3.37. The number of fused-ring (bicyclic) bond motifs is 1. The Morgan fingerprint density at radius 2 is 2.29 bits per heavy atom. The molecule has 0 saturated carbocycles. The number of rotatable bonds is 2. The first-order chi connectivity index (χ1) is 8.27. The number of carbonyl (C=O) groups excluding carboxylic acids is 1. The fraction of sp³-hybridized carbons (Fsp3) is 0. The van der Waals surface area contributed by atoms with Crippen LogP contribution in [0.25, 0.3) is 17.0 Å². The summed E-state index contributed by atoms with van der Waals surface area (Å²) in [4.78, 5) is 23.0. The summed E-state index contributed by atoms with van der Waals surface area (Å²) in [6.45, 7) is 0. The molecule has 0 aliphatic carbocycles. The predicted molar refractivity (Wildman–Crippen MR) is 55.2 cm³/mol. The first-order valence-electron chi connectivity index (χ1n) is 4.66. The first-order valence-corrected chi connectivity index (χ1v) is 4.66. The molecule has 3 aromatic heterocycles. The average Bonchev–Trinajstić information content (AvgIpc) is 2.95. The van der Waals surface area contributed by atoms with Gasteiger partial charge in [-0.05, 0) is 0 Å². The second-order valence-corrected chi connectivity index (χ2v) is 3.20. The minimum Gasteiger partial charge on any atom is -0.431 e. The lowest BCUT2D eigenvalue weighted by Crippen LogP contribution is -2.12. The summed E-state index contributed by atoms with van der Waals surface area (Å²) < 4.78 is 6.40. The summed E-state index contributed by atoms with van der Waals surface area (Å²) in [5.74, 6) is -0.657. The zero-order chi connectivity index (χ0) is 11.8. The van der Waals surface area contributed by atoms with Gasteiger partial charge in [-0.1, -0.05) is 0 Å². The molecule has 3 aromatic rings. The van der Waals surface area contributed by atoms with Crippen LogP contribution >= 0.6 is 0 Å². The Morgan fingerprint density at radius 3 is 3.00 bits per heavy atom. The Morgan fingerprint density at radius 1 is 1.41 bits per heavy atom. The van der Waals surface area contributed by atoms with Crippen LogP contribution in [-0.2, 0) is 0 Å². The van der Waals surface area contributed by atoms with Crippen LogP contribution in [-0.4, -0.2) is 30.6 Å². The summed E-state index contributed by atoms with van der Waals surface area (Å²) in [5, 5.41) is 4.47. The van der Waals surface area contributed by atoms with Crippen LogP contribution in [0.2, 0.25) is 0 Å². The Bertz CT molecular complexity index is 687. The Labute approximate surface area is 94.1 Å². The van der Waals surface area contributed by atoms with Crippen LogP contribution in [0.4, 0.5) is 0 Å². The van der Waals surface area contributed by atoms with Crippen molar-refractivity contribution in [2.75, 3.05) is 0 Å². The van der Waals surface area contributed by atoms with Crippen molar-refractivity contribution < 1.29 is 9.21 Å². The van der Waals surface area contributed by atoms with E-state index in [1.807, 2.05) is 0 Å². The van der Waals surface area contributed by atoms with E-state index < -0.39 is 5.91 Å². The smallest absolute Gasteiger partial charge is 0.324 e. The van der Waals surface area contributed by atoms with Crippen molar-refractivity contribution in [3.05, 3.63) is 30.7 Å². The zero-order valence-electron chi connectivity index (χ0n) is 8.44. The predicted octanol–water partition coefficient (Wildman–Crippen LogP) is -0.0976. The van der Waals surface area contributed by atoms with Gasteiger partial charge in [-0.2, -0.15) is 9.78 Å². The third-order valence-corrected chi connectivity index (χ3v) is 2.18. The molecular weight excluding hydrogens is 224 g/mol. The summed E-state index contributed by atoms with van der Waals surface area (Å²) in [5.41, 5.74) is 5.72. The van der Waals surface area contributed by atoms with Gasteiger partial charge in [0.1, 0.15) is 12.6 Å². The molecule has 84 valence electrons. The molecule has 0 spiro atoms. The molecular formula is C9H6N6O2. The van der Waals surface area contributed by atoms with Gasteiger partial charge in [0.15, 0.2) is 11.3 Å². The van der Waals surface area contributed by atoms with Crippen molar-refractivity contribution in [2.24, 2.45) is 5.73 Å². The highest BCUT2D eigenvalue weighted by atomic mass is 16.4. The van der Waals surface area contributed by atoms with Crippen molar-refractivity contribution >= 4 is 16.9 Å².